The maximum Gasteiger partial charge on any atom is 0.0313 e. The lowest BCUT2D eigenvalue weighted by atomic mass is 10.2. The molecule has 0 aromatic heterocycles. The average Bonchev–Trinajstić information content (AvgIpc) is 2.51. The second kappa shape index (κ2) is 10.1. The number of nitrogen functional groups attached to an aromatic ring is 2. The van der Waals surface area contributed by atoms with E-state index in [1.54, 1.807) is 0 Å². The van der Waals surface area contributed by atoms with Gasteiger partial charge < -0.3 is 11.5 Å². The summed E-state index contributed by atoms with van der Waals surface area (Å²) < 4.78 is 0. The molecule has 3 aromatic rings. The minimum atomic E-state index is 0.822. The predicted octanol–water partition coefficient (Wildman–Crippen LogP) is 4.53. The largest absolute Gasteiger partial charge is 0.399 e. The molecule has 4 N–H and O–H groups in total. The first-order valence-electron chi connectivity index (χ1n) is 6.81. The van der Waals surface area contributed by atoms with Crippen LogP contribution in [-0.4, -0.2) is 0 Å². The van der Waals surface area contributed by atoms with Crippen LogP contribution in [0.4, 0.5) is 11.4 Å². The van der Waals surface area contributed by atoms with Crippen LogP contribution in [0.5, 0.6) is 0 Å². The summed E-state index contributed by atoms with van der Waals surface area (Å²) in [6.45, 7) is 2.08. The summed E-state index contributed by atoms with van der Waals surface area (Å²) in [7, 11) is 0. The van der Waals surface area contributed by atoms with Crippen LogP contribution in [0.15, 0.2) is 91.0 Å². The smallest absolute Gasteiger partial charge is 0.0313 e. The zero-order chi connectivity index (χ0) is 15.3. The molecule has 0 radical (unpaired) electrons. The fourth-order valence-electron chi connectivity index (χ4n) is 1.44. The molecule has 3 aromatic carbocycles. The van der Waals surface area contributed by atoms with Gasteiger partial charge in [0, 0.05) is 11.4 Å². The van der Waals surface area contributed by atoms with Crippen LogP contribution < -0.4 is 11.5 Å². The molecule has 2 heteroatoms. The Morgan fingerprint density at radius 2 is 0.762 bits per heavy atom. The SMILES string of the molecule is Cc1ccccc1.Nc1ccccc1.Nc1ccccc1. The monoisotopic (exact) mass is 278 g/mol. The third kappa shape index (κ3) is 8.89. The van der Waals surface area contributed by atoms with Crippen molar-refractivity contribution in [3.8, 4) is 0 Å². The van der Waals surface area contributed by atoms with Crippen molar-refractivity contribution >= 4 is 11.4 Å². The Balaban J connectivity index is 0.000000157. The zero-order valence-electron chi connectivity index (χ0n) is 12.3. The standard InChI is InChI=1S/C7H8.2C6H7N/c1-7-5-3-2-4-6-7;2*7-6-4-2-1-3-5-6/h2-6H,1H3;2*1-5H,7H2. The van der Waals surface area contributed by atoms with Crippen LogP contribution in [0, 0.1) is 6.92 Å². The maximum atomic E-state index is 5.36. The van der Waals surface area contributed by atoms with Crippen molar-refractivity contribution in [2.24, 2.45) is 0 Å². The van der Waals surface area contributed by atoms with Crippen molar-refractivity contribution in [3.05, 3.63) is 96.6 Å². The van der Waals surface area contributed by atoms with Crippen molar-refractivity contribution in [2.45, 2.75) is 6.92 Å². The lowest BCUT2D eigenvalue weighted by molar-refractivity contribution is 1.48. The molecule has 2 nitrogen and oxygen atoms in total. The number of para-hydroxylation sites is 2. The fraction of sp³-hybridized carbons (Fsp3) is 0.0526. The Kier molecular flexibility index (Phi) is 7.84. The van der Waals surface area contributed by atoms with E-state index < -0.39 is 0 Å². The third-order valence-electron chi connectivity index (χ3n) is 2.54. The molecule has 0 unspecified atom stereocenters. The molecule has 0 amide bonds. The van der Waals surface area contributed by atoms with Gasteiger partial charge in [0.15, 0.2) is 0 Å². The Bertz CT molecular complexity index is 489. The molecule has 0 fully saturated rings. The summed E-state index contributed by atoms with van der Waals surface area (Å²) in [6, 6.07) is 29.2. The number of aryl methyl sites for hydroxylation is 1. The van der Waals surface area contributed by atoms with Crippen LogP contribution in [0.3, 0.4) is 0 Å². The zero-order valence-corrected chi connectivity index (χ0v) is 12.3. The van der Waals surface area contributed by atoms with Gasteiger partial charge in [0.25, 0.3) is 0 Å². The number of hydrogen-bond acceptors (Lipinski definition) is 2. The third-order valence-corrected chi connectivity index (χ3v) is 2.54. The molecule has 0 atom stereocenters. The Morgan fingerprint density at radius 3 is 0.905 bits per heavy atom. The van der Waals surface area contributed by atoms with E-state index in [2.05, 4.69) is 19.1 Å². The van der Waals surface area contributed by atoms with Crippen molar-refractivity contribution in [1.29, 1.82) is 0 Å². The van der Waals surface area contributed by atoms with Crippen molar-refractivity contribution < 1.29 is 0 Å². The molecule has 0 saturated carbocycles. The highest BCUT2D eigenvalue weighted by molar-refractivity contribution is 5.36. The molecule has 0 spiro atoms. The molecule has 108 valence electrons. The van der Waals surface area contributed by atoms with Crippen LogP contribution >= 0.6 is 0 Å². The molecule has 0 aliphatic heterocycles. The first-order chi connectivity index (χ1) is 10.2. The summed E-state index contributed by atoms with van der Waals surface area (Å²) in [5, 5.41) is 0. The molecule has 3 rings (SSSR count). The minimum Gasteiger partial charge on any atom is -0.399 e. The first-order valence-corrected chi connectivity index (χ1v) is 6.81. The molecule has 0 aliphatic carbocycles. The van der Waals surface area contributed by atoms with E-state index in [-0.39, 0.29) is 0 Å². The maximum absolute atomic E-state index is 5.36. The van der Waals surface area contributed by atoms with Crippen LogP contribution in [0.1, 0.15) is 5.56 Å². The highest BCUT2D eigenvalue weighted by atomic mass is 14.5. The van der Waals surface area contributed by atoms with E-state index in [1.165, 1.54) is 5.56 Å². The number of hydrogen-bond donors (Lipinski definition) is 2. The fourth-order valence-corrected chi connectivity index (χ4v) is 1.44. The van der Waals surface area contributed by atoms with Crippen molar-refractivity contribution in [3.63, 3.8) is 0 Å². The lowest BCUT2D eigenvalue weighted by Gasteiger charge is -1.83. The predicted molar refractivity (Wildman–Crippen MR) is 92.9 cm³/mol. The minimum absolute atomic E-state index is 0.822. The first kappa shape index (κ1) is 16.3. The molecule has 0 heterocycles. The van der Waals surface area contributed by atoms with Crippen molar-refractivity contribution in [2.75, 3.05) is 11.5 Å². The van der Waals surface area contributed by atoms with Gasteiger partial charge in [-0.25, -0.2) is 0 Å². The molecule has 21 heavy (non-hydrogen) atoms. The number of anilines is 2. The van der Waals surface area contributed by atoms with Gasteiger partial charge in [-0.2, -0.15) is 0 Å². The number of rotatable bonds is 0. The Hall–Kier alpha value is -2.74. The van der Waals surface area contributed by atoms with Crippen LogP contribution in [0.25, 0.3) is 0 Å². The van der Waals surface area contributed by atoms with E-state index in [1.807, 2.05) is 78.9 Å². The van der Waals surface area contributed by atoms with Gasteiger partial charge in [0.2, 0.25) is 0 Å². The van der Waals surface area contributed by atoms with E-state index in [9.17, 15) is 0 Å². The van der Waals surface area contributed by atoms with Crippen molar-refractivity contribution in [1.82, 2.24) is 0 Å². The van der Waals surface area contributed by atoms with Gasteiger partial charge in [-0.3, -0.25) is 0 Å². The summed E-state index contributed by atoms with van der Waals surface area (Å²) in [5.41, 5.74) is 13.7. The summed E-state index contributed by atoms with van der Waals surface area (Å²) in [6.07, 6.45) is 0. The normalized spacial score (nSPS) is 8.62. The van der Waals surface area contributed by atoms with Crippen LogP contribution in [-0.2, 0) is 0 Å². The number of benzene rings is 3. The number of nitrogens with two attached hydrogens (primary N) is 2. The van der Waals surface area contributed by atoms with Crippen LogP contribution in [0.2, 0.25) is 0 Å². The van der Waals surface area contributed by atoms with Gasteiger partial charge >= 0.3 is 0 Å². The topological polar surface area (TPSA) is 52.0 Å². The van der Waals surface area contributed by atoms with Gasteiger partial charge in [0.1, 0.15) is 0 Å². The van der Waals surface area contributed by atoms with E-state index in [4.69, 9.17) is 11.5 Å². The van der Waals surface area contributed by atoms with Gasteiger partial charge in [0.05, 0.1) is 0 Å². The second-order valence-corrected chi connectivity index (χ2v) is 4.48. The Labute approximate surface area is 127 Å². The quantitative estimate of drug-likeness (QED) is 0.593. The highest BCUT2D eigenvalue weighted by Crippen LogP contribution is 1.96. The summed E-state index contributed by atoms with van der Waals surface area (Å²) in [5.74, 6) is 0. The second-order valence-electron chi connectivity index (χ2n) is 4.48. The molecule has 0 bridgehead atoms. The average molecular weight is 278 g/mol. The van der Waals surface area contributed by atoms with Gasteiger partial charge in [-0.15, -0.1) is 0 Å². The van der Waals surface area contributed by atoms with Gasteiger partial charge in [-0.05, 0) is 31.2 Å². The molecule has 0 saturated heterocycles. The van der Waals surface area contributed by atoms with E-state index >= 15 is 0 Å². The molecular weight excluding hydrogens is 256 g/mol. The Morgan fingerprint density at radius 1 is 0.476 bits per heavy atom. The summed E-state index contributed by atoms with van der Waals surface area (Å²) >= 11 is 0. The van der Waals surface area contributed by atoms with Gasteiger partial charge in [-0.1, -0.05) is 72.3 Å². The van der Waals surface area contributed by atoms with E-state index in [0.717, 1.165) is 11.4 Å². The lowest BCUT2D eigenvalue weighted by Crippen LogP contribution is -1.79. The molecular formula is C19H22N2. The van der Waals surface area contributed by atoms with E-state index in [0.29, 0.717) is 0 Å². The summed E-state index contributed by atoms with van der Waals surface area (Å²) in [4.78, 5) is 0. The highest BCUT2D eigenvalue weighted by Gasteiger charge is 1.73. The molecule has 0 aliphatic rings.